The molecule has 1 N–H and O–H groups in total. The van der Waals surface area contributed by atoms with Gasteiger partial charge < -0.3 is 24.7 Å². The van der Waals surface area contributed by atoms with Gasteiger partial charge in [-0.3, -0.25) is 19.2 Å². The van der Waals surface area contributed by atoms with Gasteiger partial charge in [0.05, 0.1) is 12.1 Å². The van der Waals surface area contributed by atoms with E-state index in [9.17, 15) is 14.7 Å². The molecule has 16 fully saturated rings. The third-order valence-electron chi connectivity index (χ3n) is 21.5. The first-order chi connectivity index (χ1) is 29.4. The molecule has 2 heterocycles. The van der Waals surface area contributed by atoms with Crippen LogP contribution in [0.3, 0.4) is 0 Å². The predicted molar refractivity (Wildman–Crippen MR) is 228 cm³/mol. The van der Waals surface area contributed by atoms with E-state index in [1.807, 2.05) is 0 Å². The molecule has 61 heavy (non-hydrogen) atoms. The van der Waals surface area contributed by atoms with Gasteiger partial charge in [0.1, 0.15) is 18.8 Å². The van der Waals surface area contributed by atoms with Gasteiger partial charge in [0.15, 0.2) is 0 Å². The first-order valence-corrected chi connectivity index (χ1v) is 25.8. The van der Waals surface area contributed by atoms with E-state index < -0.39 is 0 Å². The number of nitrogens with zero attached hydrogens (tertiary/aromatic N) is 4. The summed E-state index contributed by atoms with van der Waals surface area (Å²) < 4.78 is 0. The quantitative estimate of drug-likeness (QED) is 0.255. The summed E-state index contributed by atoms with van der Waals surface area (Å²) in [6.07, 6.45) is 31.0. The molecule has 0 aromatic rings. The second kappa shape index (κ2) is 12.7. The average Bonchev–Trinajstić information content (AvgIpc) is 3.64. The predicted octanol–water partition coefficient (Wildman–Crippen LogP) is 7.94. The van der Waals surface area contributed by atoms with Crippen LogP contribution in [0.2, 0.25) is 0 Å². The van der Waals surface area contributed by atoms with Crippen molar-refractivity contribution in [3.05, 3.63) is 23.0 Å². The number of aliphatic hydroxyl groups excluding tert-OH is 1. The van der Waals surface area contributed by atoms with Gasteiger partial charge in [0, 0.05) is 34.8 Å². The Labute approximate surface area is 362 Å². The second-order valence-electron chi connectivity index (χ2n) is 25.9. The number of hydrogen-bond acceptors (Lipinski definition) is 5. The standard InChI is InChI=1S/C52H70N4O5/c57-43-27-54(29-46(60)56(51-20-36-7-37(21-51)9-38(8-36)22-51)52-23-39-10-40(24-52)12-41(11-39)25-52)48(61)47(43)42-13-44(58)53(26-42)28-45(59)55(49-14-30-1-31(15-49)3-32(2-30)16-49)50-17-33-4-34(18-50)6-35(5-33)19-50/h13,30-41,57H,1-12,14-29H2. The van der Waals surface area contributed by atoms with E-state index in [0.29, 0.717) is 5.57 Å². The Morgan fingerprint density at radius 2 is 0.754 bits per heavy atom. The molecule has 0 radical (unpaired) electrons. The largest absolute Gasteiger partial charge is 0.510 e. The SMILES string of the molecule is O=C1C=C(C2=C(O)CN(CC(=O)N(C34CC5CC(CC(C5)C3)C4)C34CC5CC(CC(C5)C3)C4)C2=O)CN1CC(=O)N(C12CC3CC(CC(C3)C1)C2)C12CC3CC(CC(C3)C1)C2. The lowest BCUT2D eigenvalue weighted by atomic mass is 9.48. The second-order valence-corrected chi connectivity index (χ2v) is 25.9. The molecule has 0 spiro atoms. The van der Waals surface area contributed by atoms with Crippen molar-refractivity contribution in [2.24, 2.45) is 71.0 Å². The van der Waals surface area contributed by atoms with Gasteiger partial charge in [-0.05, 0) is 231 Å². The monoisotopic (exact) mass is 831 g/mol. The van der Waals surface area contributed by atoms with E-state index in [1.165, 1.54) is 83.1 Å². The molecule has 16 saturated carbocycles. The zero-order chi connectivity index (χ0) is 40.8. The minimum atomic E-state index is -0.335. The molecule has 0 atom stereocenters. The van der Waals surface area contributed by atoms with E-state index in [2.05, 4.69) is 9.80 Å². The van der Waals surface area contributed by atoms with E-state index in [0.717, 1.165) is 148 Å². The van der Waals surface area contributed by atoms with E-state index >= 15 is 9.59 Å². The van der Waals surface area contributed by atoms with Crippen LogP contribution >= 0.6 is 0 Å². The number of carbonyl (C=O) groups is 4. The lowest BCUT2D eigenvalue weighted by Crippen LogP contribution is -2.72. The molecule has 0 saturated heterocycles. The van der Waals surface area contributed by atoms with Gasteiger partial charge >= 0.3 is 0 Å². The van der Waals surface area contributed by atoms with E-state index in [-0.39, 0.29) is 83.3 Å². The highest BCUT2D eigenvalue weighted by Gasteiger charge is 2.65. The van der Waals surface area contributed by atoms with Gasteiger partial charge in [-0.1, -0.05) is 0 Å². The first kappa shape index (κ1) is 37.5. The fourth-order valence-electron chi connectivity index (χ4n) is 21.8. The molecule has 18 aliphatic rings. The molecule has 0 aromatic heterocycles. The van der Waals surface area contributed by atoms with Gasteiger partial charge in [-0.2, -0.15) is 0 Å². The minimum absolute atomic E-state index is 0.00573. The fraction of sp³-hybridized carbons (Fsp3) is 0.846. The molecule has 9 heteroatoms. The minimum Gasteiger partial charge on any atom is -0.510 e. The summed E-state index contributed by atoms with van der Waals surface area (Å²) in [5, 5.41) is 11.6. The number of aliphatic hydroxyl groups is 1. The van der Waals surface area contributed by atoms with Crippen molar-refractivity contribution in [2.75, 3.05) is 26.2 Å². The first-order valence-electron chi connectivity index (χ1n) is 25.8. The fourth-order valence-corrected chi connectivity index (χ4v) is 21.8. The topological polar surface area (TPSA) is 101 Å². The molecule has 4 amide bonds. The third kappa shape index (κ3) is 5.54. The lowest BCUT2D eigenvalue weighted by molar-refractivity contribution is -0.192. The summed E-state index contributed by atoms with van der Waals surface area (Å²) in [6, 6.07) is 0. The van der Waals surface area contributed by atoms with Crippen LogP contribution in [-0.2, 0) is 19.2 Å². The molecule has 328 valence electrons. The third-order valence-corrected chi connectivity index (χ3v) is 21.5. The molecule has 9 nitrogen and oxygen atoms in total. The smallest absolute Gasteiger partial charge is 0.258 e. The van der Waals surface area contributed by atoms with Gasteiger partial charge in [-0.15, -0.1) is 0 Å². The van der Waals surface area contributed by atoms with Crippen LogP contribution in [-0.4, -0.2) is 96.7 Å². The summed E-state index contributed by atoms with van der Waals surface area (Å²) in [5.41, 5.74) is 0.355. The van der Waals surface area contributed by atoms with Gasteiger partial charge in [0.2, 0.25) is 17.7 Å². The summed E-state index contributed by atoms with van der Waals surface area (Å²) in [6.45, 7) is 0.188. The summed E-state index contributed by atoms with van der Waals surface area (Å²) >= 11 is 0. The molecule has 2 aliphatic heterocycles. The van der Waals surface area contributed by atoms with Crippen LogP contribution in [0, 0.1) is 71.0 Å². The van der Waals surface area contributed by atoms with Crippen molar-refractivity contribution in [1.29, 1.82) is 0 Å². The summed E-state index contributed by atoms with van der Waals surface area (Å²) in [4.78, 5) is 67.2. The van der Waals surface area contributed by atoms with Crippen molar-refractivity contribution in [1.82, 2.24) is 19.6 Å². The van der Waals surface area contributed by atoms with Crippen LogP contribution in [0.4, 0.5) is 0 Å². The Morgan fingerprint density at radius 3 is 1.05 bits per heavy atom. The van der Waals surface area contributed by atoms with Crippen LogP contribution in [0.1, 0.15) is 154 Å². The maximum atomic E-state index is 15.3. The van der Waals surface area contributed by atoms with Crippen molar-refractivity contribution in [2.45, 2.75) is 176 Å². The Morgan fingerprint density at radius 1 is 0.475 bits per heavy atom. The molecular weight excluding hydrogens is 761 g/mol. The highest BCUT2D eigenvalue weighted by Crippen LogP contribution is 2.66. The number of amides is 4. The average molecular weight is 831 g/mol. The van der Waals surface area contributed by atoms with Crippen molar-refractivity contribution >= 4 is 23.6 Å². The van der Waals surface area contributed by atoms with Gasteiger partial charge in [0.25, 0.3) is 5.91 Å². The van der Waals surface area contributed by atoms with Crippen molar-refractivity contribution < 1.29 is 24.3 Å². The molecule has 0 aromatic carbocycles. The van der Waals surface area contributed by atoms with Crippen LogP contribution in [0.25, 0.3) is 0 Å². The van der Waals surface area contributed by atoms with Crippen molar-refractivity contribution in [3.8, 4) is 0 Å². The summed E-state index contributed by atoms with van der Waals surface area (Å²) in [5.74, 6) is 8.27. The van der Waals surface area contributed by atoms with E-state index in [1.54, 1.807) is 9.80 Å². The van der Waals surface area contributed by atoms with Crippen LogP contribution < -0.4 is 0 Å². The maximum absolute atomic E-state index is 15.3. The normalized spacial score (nSPS) is 50.2. The maximum Gasteiger partial charge on any atom is 0.258 e. The van der Waals surface area contributed by atoms with Crippen molar-refractivity contribution in [3.63, 3.8) is 0 Å². The summed E-state index contributed by atoms with van der Waals surface area (Å²) in [7, 11) is 0. The lowest BCUT2D eigenvalue weighted by Gasteiger charge is -2.69. The Bertz CT molecular complexity index is 1820. The van der Waals surface area contributed by atoms with Gasteiger partial charge in [-0.25, -0.2) is 0 Å². The van der Waals surface area contributed by atoms with Crippen LogP contribution in [0.15, 0.2) is 23.0 Å². The zero-order valence-electron chi connectivity index (χ0n) is 36.7. The number of carbonyl (C=O) groups excluding carboxylic acids is 4. The number of rotatable bonds is 9. The van der Waals surface area contributed by atoms with E-state index in [4.69, 9.17) is 0 Å². The highest BCUT2D eigenvalue weighted by molar-refractivity contribution is 6.06. The zero-order valence-corrected chi connectivity index (χ0v) is 36.7. The Kier molecular flexibility index (Phi) is 7.81. The molecule has 18 rings (SSSR count). The Hall–Kier alpha value is -2.84. The molecule has 16 aliphatic carbocycles. The molecular formula is C52H70N4O5. The van der Waals surface area contributed by atoms with Crippen LogP contribution in [0.5, 0.6) is 0 Å². The molecule has 0 unspecified atom stereocenters. The number of hydrogen-bond donors (Lipinski definition) is 1. The Balaban J connectivity index is 0.712. The molecule has 16 bridgehead atoms. The highest BCUT2D eigenvalue weighted by atomic mass is 16.3.